The molecule has 2 bridgehead atoms. The highest BCUT2D eigenvalue weighted by Gasteiger charge is 2.41. The largest absolute Gasteiger partial charge is 0.0619 e. The van der Waals surface area contributed by atoms with Gasteiger partial charge in [-0.3, -0.25) is 0 Å². The highest BCUT2D eigenvalue weighted by molar-refractivity contribution is 9.11. The van der Waals surface area contributed by atoms with Crippen molar-refractivity contribution < 1.29 is 0 Å². The predicted molar refractivity (Wildman–Crippen MR) is 96.6 cm³/mol. The van der Waals surface area contributed by atoms with E-state index in [2.05, 4.69) is 92.5 Å². The number of hydrogen-bond acceptors (Lipinski definition) is 0. The van der Waals surface area contributed by atoms with E-state index < -0.39 is 0 Å². The maximum Gasteiger partial charge on any atom is 0.0360 e. The molecule has 0 aliphatic heterocycles. The van der Waals surface area contributed by atoms with Crippen molar-refractivity contribution in [3.63, 3.8) is 0 Å². The Bertz CT molecular complexity index is 879. The Balaban J connectivity index is 1.94. The molecule has 106 valence electrons. The third-order valence-electron chi connectivity index (χ3n) is 4.96. The van der Waals surface area contributed by atoms with Crippen LogP contribution in [-0.4, -0.2) is 0 Å². The molecule has 0 unspecified atom stereocenters. The van der Waals surface area contributed by atoms with Crippen molar-refractivity contribution in [3.05, 3.63) is 103 Å². The van der Waals surface area contributed by atoms with Gasteiger partial charge in [-0.2, -0.15) is 0 Å². The highest BCUT2D eigenvalue weighted by atomic mass is 79.9. The molecule has 0 aromatic heterocycles. The van der Waals surface area contributed by atoms with E-state index in [0.717, 1.165) is 4.47 Å². The standard InChI is InChI=1S/C20H12Br2/c21-11-9-16-18-12-5-1-3-7-14(12)19(20(16)17(22)10-11)15-8-4-2-6-13(15)18/h1-10,18-19H. The van der Waals surface area contributed by atoms with Gasteiger partial charge in [0.15, 0.2) is 0 Å². The molecule has 6 rings (SSSR count). The molecule has 0 saturated carbocycles. The molecule has 22 heavy (non-hydrogen) atoms. The second-order valence-corrected chi connectivity index (χ2v) is 7.78. The average Bonchev–Trinajstić information content (AvgIpc) is 2.54. The Labute approximate surface area is 146 Å². The summed E-state index contributed by atoms with van der Waals surface area (Å²) in [4.78, 5) is 0. The van der Waals surface area contributed by atoms with E-state index in [1.165, 1.54) is 37.9 Å². The number of benzene rings is 3. The summed E-state index contributed by atoms with van der Waals surface area (Å²) in [5.74, 6) is 0.691. The molecule has 2 heteroatoms. The van der Waals surface area contributed by atoms with Crippen LogP contribution in [0.25, 0.3) is 0 Å². The summed E-state index contributed by atoms with van der Waals surface area (Å²) >= 11 is 7.47. The molecule has 0 spiro atoms. The molecule has 0 nitrogen and oxygen atoms in total. The summed E-state index contributed by atoms with van der Waals surface area (Å²) in [7, 11) is 0. The lowest BCUT2D eigenvalue weighted by molar-refractivity contribution is 0.750. The summed E-state index contributed by atoms with van der Waals surface area (Å²) in [5.41, 5.74) is 8.71. The summed E-state index contributed by atoms with van der Waals surface area (Å²) in [6, 6.07) is 22.3. The fourth-order valence-corrected chi connectivity index (χ4v) is 5.69. The van der Waals surface area contributed by atoms with Gasteiger partial charge in [-0.1, -0.05) is 80.4 Å². The monoisotopic (exact) mass is 410 g/mol. The molecule has 0 radical (unpaired) electrons. The minimum Gasteiger partial charge on any atom is -0.0619 e. The second-order valence-electron chi connectivity index (χ2n) is 6.01. The molecule has 3 aromatic carbocycles. The molecule has 0 N–H and O–H groups in total. The quantitative estimate of drug-likeness (QED) is 0.284. The second kappa shape index (κ2) is 4.56. The van der Waals surface area contributed by atoms with Gasteiger partial charge in [0, 0.05) is 20.8 Å². The fraction of sp³-hybridized carbons (Fsp3) is 0.100. The van der Waals surface area contributed by atoms with Crippen LogP contribution in [0.3, 0.4) is 0 Å². The zero-order valence-electron chi connectivity index (χ0n) is 11.7. The first-order valence-electron chi connectivity index (χ1n) is 7.42. The van der Waals surface area contributed by atoms with Gasteiger partial charge in [0.1, 0.15) is 0 Å². The minimum absolute atomic E-state index is 0.342. The molecule has 3 aliphatic rings. The molecule has 0 saturated heterocycles. The van der Waals surface area contributed by atoms with Gasteiger partial charge < -0.3 is 0 Å². The molecule has 3 aromatic rings. The fourth-order valence-electron chi connectivity index (χ4n) is 4.20. The first kappa shape index (κ1) is 13.1. The summed E-state index contributed by atoms with van der Waals surface area (Å²) in [6.45, 7) is 0. The van der Waals surface area contributed by atoms with Gasteiger partial charge in [0.2, 0.25) is 0 Å². The van der Waals surface area contributed by atoms with Crippen LogP contribution in [0, 0.1) is 0 Å². The molecule has 0 fully saturated rings. The van der Waals surface area contributed by atoms with Crippen LogP contribution in [0.15, 0.2) is 69.6 Å². The Hall–Kier alpha value is -1.38. The van der Waals surface area contributed by atoms with Gasteiger partial charge in [-0.25, -0.2) is 0 Å². The van der Waals surface area contributed by atoms with Crippen LogP contribution in [0.4, 0.5) is 0 Å². The first-order chi connectivity index (χ1) is 10.8. The molecular weight excluding hydrogens is 400 g/mol. The number of hydrogen-bond donors (Lipinski definition) is 0. The zero-order valence-corrected chi connectivity index (χ0v) is 14.9. The molecular formula is C20H12Br2. The third kappa shape index (κ3) is 1.57. The SMILES string of the molecule is Brc1cc(Br)c2c(c1)C1c3ccccc3C2c2ccccc21. The van der Waals surface area contributed by atoms with E-state index in [1.54, 1.807) is 0 Å². The Morgan fingerprint density at radius 3 is 1.64 bits per heavy atom. The first-order valence-corrected chi connectivity index (χ1v) is 9.01. The summed E-state index contributed by atoms with van der Waals surface area (Å²) < 4.78 is 2.34. The van der Waals surface area contributed by atoms with Crippen molar-refractivity contribution in [3.8, 4) is 0 Å². The van der Waals surface area contributed by atoms with Crippen molar-refractivity contribution in [1.29, 1.82) is 0 Å². The van der Waals surface area contributed by atoms with Gasteiger partial charge in [-0.15, -0.1) is 0 Å². The maximum atomic E-state index is 3.81. The topological polar surface area (TPSA) is 0 Å². The van der Waals surface area contributed by atoms with E-state index in [1.807, 2.05) is 0 Å². The maximum absolute atomic E-state index is 3.81. The van der Waals surface area contributed by atoms with E-state index >= 15 is 0 Å². The van der Waals surface area contributed by atoms with Crippen molar-refractivity contribution in [2.24, 2.45) is 0 Å². The number of halogens is 2. The Morgan fingerprint density at radius 1 is 0.591 bits per heavy atom. The van der Waals surface area contributed by atoms with E-state index in [9.17, 15) is 0 Å². The van der Waals surface area contributed by atoms with E-state index in [0.29, 0.717) is 11.8 Å². The minimum atomic E-state index is 0.342. The lowest BCUT2D eigenvalue weighted by atomic mass is 9.61. The van der Waals surface area contributed by atoms with Crippen LogP contribution in [0.2, 0.25) is 0 Å². The molecule has 0 amide bonds. The van der Waals surface area contributed by atoms with Crippen LogP contribution in [-0.2, 0) is 0 Å². The normalized spacial score (nSPS) is 20.3. The van der Waals surface area contributed by atoms with E-state index in [4.69, 9.17) is 0 Å². The zero-order chi connectivity index (χ0) is 14.8. The van der Waals surface area contributed by atoms with Crippen LogP contribution >= 0.6 is 31.9 Å². The van der Waals surface area contributed by atoms with Crippen molar-refractivity contribution in [1.82, 2.24) is 0 Å². The lowest BCUT2D eigenvalue weighted by Gasteiger charge is -2.42. The van der Waals surface area contributed by atoms with Crippen LogP contribution in [0.5, 0.6) is 0 Å². The number of rotatable bonds is 0. The Kier molecular flexibility index (Phi) is 2.71. The third-order valence-corrected chi connectivity index (χ3v) is 6.08. The molecule has 3 aliphatic carbocycles. The smallest absolute Gasteiger partial charge is 0.0360 e. The van der Waals surface area contributed by atoms with Crippen molar-refractivity contribution in [2.45, 2.75) is 11.8 Å². The van der Waals surface area contributed by atoms with Gasteiger partial charge in [0.05, 0.1) is 0 Å². The van der Waals surface area contributed by atoms with Crippen molar-refractivity contribution >= 4 is 31.9 Å². The molecule has 0 atom stereocenters. The van der Waals surface area contributed by atoms with Crippen LogP contribution < -0.4 is 0 Å². The van der Waals surface area contributed by atoms with Gasteiger partial charge in [-0.05, 0) is 45.5 Å². The van der Waals surface area contributed by atoms with Gasteiger partial charge >= 0.3 is 0 Å². The van der Waals surface area contributed by atoms with Gasteiger partial charge in [0.25, 0.3) is 0 Å². The Morgan fingerprint density at radius 2 is 1.09 bits per heavy atom. The average molecular weight is 412 g/mol. The van der Waals surface area contributed by atoms with E-state index in [-0.39, 0.29) is 0 Å². The molecule has 0 heterocycles. The summed E-state index contributed by atoms with van der Waals surface area (Å²) in [6.07, 6.45) is 0. The highest BCUT2D eigenvalue weighted by Crippen LogP contribution is 2.57. The van der Waals surface area contributed by atoms with Crippen molar-refractivity contribution in [2.75, 3.05) is 0 Å². The lowest BCUT2D eigenvalue weighted by Crippen LogP contribution is -2.27. The summed E-state index contributed by atoms with van der Waals surface area (Å²) in [5, 5.41) is 0. The van der Waals surface area contributed by atoms with Crippen LogP contribution in [0.1, 0.15) is 45.2 Å². The predicted octanol–water partition coefficient (Wildman–Crippen LogP) is 6.20.